The summed E-state index contributed by atoms with van der Waals surface area (Å²) in [6.07, 6.45) is 0.224. The van der Waals surface area contributed by atoms with Crippen LogP contribution in [0.25, 0.3) is 0 Å². The molecule has 0 N–H and O–H groups in total. The maximum absolute atomic E-state index is 4.99. The zero-order chi connectivity index (χ0) is 6.27. The molecule has 1 aromatic heterocycles. The summed E-state index contributed by atoms with van der Waals surface area (Å²) in [5, 5.41) is 3.78. The Morgan fingerprint density at radius 2 is 2.56 bits per heavy atom. The Hall–Kier alpha value is -0.830. The van der Waals surface area contributed by atoms with Gasteiger partial charge in [0.1, 0.15) is 17.6 Å². The van der Waals surface area contributed by atoms with E-state index >= 15 is 0 Å². The Morgan fingerprint density at radius 1 is 1.78 bits per heavy atom. The molecule has 9 heavy (non-hydrogen) atoms. The van der Waals surface area contributed by atoms with Gasteiger partial charge in [0.05, 0.1) is 6.61 Å². The van der Waals surface area contributed by atoms with Gasteiger partial charge >= 0.3 is 0 Å². The lowest BCUT2D eigenvalue weighted by Gasteiger charge is -1.75. The van der Waals surface area contributed by atoms with Gasteiger partial charge in [0, 0.05) is 6.07 Å². The summed E-state index contributed by atoms with van der Waals surface area (Å²) in [5.74, 6) is 0.848. The summed E-state index contributed by atoms with van der Waals surface area (Å²) in [4.78, 5) is 0. The van der Waals surface area contributed by atoms with Gasteiger partial charge < -0.3 is 9.26 Å². The van der Waals surface area contributed by atoms with Crippen molar-refractivity contribution in [3.63, 3.8) is 0 Å². The summed E-state index contributed by atoms with van der Waals surface area (Å²) in [5.41, 5.74) is 0.924. The fourth-order valence-corrected chi connectivity index (χ4v) is 0.756. The smallest absolute Gasteiger partial charge is 0.134 e. The van der Waals surface area contributed by atoms with Gasteiger partial charge in [-0.25, -0.2) is 0 Å². The Kier molecular flexibility index (Phi) is 0.873. The zero-order valence-corrected chi connectivity index (χ0v) is 5.13. The number of rotatable bonds is 1. The average Bonchev–Trinajstić information content (AvgIpc) is 2.58. The molecule has 1 unspecified atom stereocenters. The standard InChI is InChI=1S/C6H7NO2/c1-4-2-5(7-9-4)6-3-8-6/h2,6H,3H2,1H3. The summed E-state index contributed by atoms with van der Waals surface area (Å²) in [6, 6.07) is 1.90. The van der Waals surface area contributed by atoms with Crippen molar-refractivity contribution < 1.29 is 9.26 Å². The van der Waals surface area contributed by atoms with Crippen molar-refractivity contribution >= 4 is 0 Å². The number of aromatic nitrogens is 1. The van der Waals surface area contributed by atoms with E-state index in [0.29, 0.717) is 0 Å². The van der Waals surface area contributed by atoms with Crippen LogP contribution in [0.4, 0.5) is 0 Å². The van der Waals surface area contributed by atoms with Gasteiger partial charge in [-0.05, 0) is 6.92 Å². The molecule has 0 saturated carbocycles. The van der Waals surface area contributed by atoms with Crippen LogP contribution in [-0.4, -0.2) is 11.8 Å². The Balaban J connectivity index is 2.28. The van der Waals surface area contributed by atoms with Crippen molar-refractivity contribution in [2.24, 2.45) is 0 Å². The van der Waals surface area contributed by atoms with Crippen LogP contribution in [0.1, 0.15) is 17.6 Å². The van der Waals surface area contributed by atoms with E-state index in [2.05, 4.69) is 5.16 Å². The van der Waals surface area contributed by atoms with Gasteiger partial charge in [-0.15, -0.1) is 0 Å². The highest BCUT2D eigenvalue weighted by Crippen LogP contribution is 2.28. The Labute approximate surface area is 52.6 Å². The van der Waals surface area contributed by atoms with Gasteiger partial charge in [-0.2, -0.15) is 0 Å². The lowest BCUT2D eigenvalue weighted by molar-refractivity contribution is 0.366. The minimum Gasteiger partial charge on any atom is -0.366 e. The van der Waals surface area contributed by atoms with Gasteiger partial charge in [0.25, 0.3) is 0 Å². The first kappa shape index (κ1) is 4.99. The predicted molar refractivity (Wildman–Crippen MR) is 29.9 cm³/mol. The zero-order valence-electron chi connectivity index (χ0n) is 5.13. The van der Waals surface area contributed by atoms with Crippen LogP contribution >= 0.6 is 0 Å². The van der Waals surface area contributed by atoms with Crippen molar-refractivity contribution in [3.8, 4) is 0 Å². The van der Waals surface area contributed by atoms with Gasteiger partial charge in [-0.1, -0.05) is 5.16 Å². The minimum atomic E-state index is 0.224. The van der Waals surface area contributed by atoms with Crippen molar-refractivity contribution in [2.45, 2.75) is 13.0 Å². The first-order valence-corrected chi connectivity index (χ1v) is 2.91. The summed E-state index contributed by atoms with van der Waals surface area (Å²) < 4.78 is 9.82. The molecular formula is C6H7NO2. The predicted octanol–water partition coefficient (Wildman–Crippen LogP) is 1.05. The molecule has 3 heteroatoms. The molecule has 2 heterocycles. The number of aryl methyl sites for hydroxylation is 1. The average molecular weight is 125 g/mol. The van der Waals surface area contributed by atoms with E-state index in [9.17, 15) is 0 Å². The lowest BCUT2D eigenvalue weighted by Crippen LogP contribution is -1.75. The molecule has 2 rings (SSSR count). The maximum atomic E-state index is 4.99. The van der Waals surface area contributed by atoms with Gasteiger partial charge in [-0.3, -0.25) is 0 Å². The molecule has 0 spiro atoms. The molecule has 0 radical (unpaired) electrons. The second-order valence-corrected chi connectivity index (χ2v) is 2.18. The topological polar surface area (TPSA) is 38.6 Å². The highest BCUT2D eigenvalue weighted by atomic mass is 16.6. The minimum absolute atomic E-state index is 0.224. The summed E-state index contributed by atoms with van der Waals surface area (Å²) in [7, 11) is 0. The third kappa shape index (κ3) is 0.833. The lowest BCUT2D eigenvalue weighted by atomic mass is 10.3. The van der Waals surface area contributed by atoms with E-state index in [-0.39, 0.29) is 6.10 Å². The summed E-state index contributed by atoms with van der Waals surface area (Å²) in [6.45, 7) is 2.67. The van der Waals surface area contributed by atoms with E-state index < -0.39 is 0 Å². The van der Waals surface area contributed by atoms with Crippen LogP contribution in [0.15, 0.2) is 10.6 Å². The molecule has 0 aromatic carbocycles. The molecule has 0 bridgehead atoms. The largest absolute Gasteiger partial charge is 0.366 e. The molecule has 1 aromatic rings. The first-order valence-electron chi connectivity index (χ1n) is 2.91. The summed E-state index contributed by atoms with van der Waals surface area (Å²) >= 11 is 0. The van der Waals surface area contributed by atoms with E-state index in [4.69, 9.17) is 9.26 Å². The van der Waals surface area contributed by atoms with Crippen LogP contribution in [0.3, 0.4) is 0 Å². The quantitative estimate of drug-likeness (QED) is 0.526. The van der Waals surface area contributed by atoms with E-state index in [1.165, 1.54) is 0 Å². The highest BCUT2D eigenvalue weighted by molar-refractivity contribution is 5.09. The normalized spacial score (nSPS) is 24.3. The molecule has 0 amide bonds. The third-order valence-electron chi connectivity index (χ3n) is 1.31. The number of ether oxygens (including phenoxy) is 1. The second kappa shape index (κ2) is 1.57. The molecule has 48 valence electrons. The monoisotopic (exact) mass is 125 g/mol. The highest BCUT2D eigenvalue weighted by Gasteiger charge is 2.27. The van der Waals surface area contributed by atoms with Crippen LogP contribution in [0, 0.1) is 6.92 Å². The van der Waals surface area contributed by atoms with Gasteiger partial charge in [0.15, 0.2) is 0 Å². The molecule has 1 saturated heterocycles. The number of epoxide rings is 1. The Bertz CT molecular complexity index is 215. The number of hydrogen-bond donors (Lipinski definition) is 0. The van der Waals surface area contributed by atoms with Crippen LogP contribution in [0.2, 0.25) is 0 Å². The van der Waals surface area contributed by atoms with E-state index in [1.807, 2.05) is 13.0 Å². The van der Waals surface area contributed by atoms with Gasteiger partial charge in [0.2, 0.25) is 0 Å². The molecule has 0 aliphatic carbocycles. The van der Waals surface area contributed by atoms with Crippen molar-refractivity contribution in [2.75, 3.05) is 6.61 Å². The number of nitrogens with zero attached hydrogens (tertiary/aromatic N) is 1. The maximum Gasteiger partial charge on any atom is 0.134 e. The van der Waals surface area contributed by atoms with Crippen LogP contribution < -0.4 is 0 Å². The number of hydrogen-bond acceptors (Lipinski definition) is 3. The van der Waals surface area contributed by atoms with E-state index in [1.54, 1.807) is 0 Å². The molecule has 1 atom stereocenters. The molecule has 3 nitrogen and oxygen atoms in total. The van der Waals surface area contributed by atoms with Crippen molar-refractivity contribution in [3.05, 3.63) is 17.5 Å². The Morgan fingerprint density at radius 3 is 3.00 bits per heavy atom. The molecule has 1 aliphatic heterocycles. The van der Waals surface area contributed by atoms with E-state index in [0.717, 1.165) is 18.1 Å². The fourth-order valence-electron chi connectivity index (χ4n) is 0.756. The SMILES string of the molecule is Cc1cc(C2CO2)no1. The fraction of sp³-hybridized carbons (Fsp3) is 0.500. The molecular weight excluding hydrogens is 118 g/mol. The first-order chi connectivity index (χ1) is 4.36. The van der Waals surface area contributed by atoms with Crippen molar-refractivity contribution in [1.29, 1.82) is 0 Å². The molecule has 1 aliphatic rings. The van der Waals surface area contributed by atoms with Crippen LogP contribution in [-0.2, 0) is 4.74 Å². The molecule has 1 fully saturated rings. The van der Waals surface area contributed by atoms with Crippen LogP contribution in [0.5, 0.6) is 0 Å². The second-order valence-electron chi connectivity index (χ2n) is 2.18. The van der Waals surface area contributed by atoms with Crippen molar-refractivity contribution in [1.82, 2.24) is 5.16 Å². The third-order valence-corrected chi connectivity index (χ3v) is 1.31.